The SMILES string of the molecule is CS(=O)(=O)c1ccc(-c2ccnc(C(=O)Nc3cccc(-c4nncn4C4CC4)n3)c2)cc1.O=C(Nc1cccc(-c2nncn2C2CC2)n1)c1cc(-c2cccnc2)ccn1. The molecule has 2 amide bonds. The molecule has 2 fully saturated rings. The van der Waals surface area contributed by atoms with Crippen LogP contribution in [-0.2, 0) is 9.84 Å². The zero-order valence-corrected chi connectivity index (χ0v) is 34.0. The molecule has 62 heavy (non-hydrogen) atoms. The van der Waals surface area contributed by atoms with Crippen LogP contribution < -0.4 is 10.6 Å². The van der Waals surface area contributed by atoms with E-state index in [1.54, 1.807) is 91.9 Å². The van der Waals surface area contributed by atoms with E-state index < -0.39 is 15.7 Å². The van der Waals surface area contributed by atoms with Gasteiger partial charge in [-0.3, -0.25) is 24.5 Å². The molecule has 308 valence electrons. The molecular formula is C44H37N13O4S. The summed E-state index contributed by atoms with van der Waals surface area (Å²) in [5, 5.41) is 22.0. The van der Waals surface area contributed by atoms with Crippen LogP contribution in [0.15, 0.2) is 139 Å². The van der Waals surface area contributed by atoms with Crippen LogP contribution in [0.4, 0.5) is 11.6 Å². The molecule has 7 aromatic heterocycles. The fourth-order valence-electron chi connectivity index (χ4n) is 6.61. The minimum absolute atomic E-state index is 0.216. The Morgan fingerprint density at radius 2 is 1.11 bits per heavy atom. The minimum atomic E-state index is -3.28. The third-order valence-electron chi connectivity index (χ3n) is 10.1. The molecule has 10 rings (SSSR count). The van der Waals surface area contributed by atoms with Gasteiger partial charge in [0, 0.05) is 48.7 Å². The summed E-state index contributed by atoms with van der Waals surface area (Å²) in [4.78, 5) is 47.3. The van der Waals surface area contributed by atoms with E-state index in [-0.39, 0.29) is 16.5 Å². The van der Waals surface area contributed by atoms with Crippen LogP contribution in [-0.4, -0.2) is 80.9 Å². The predicted octanol–water partition coefficient (Wildman–Crippen LogP) is 6.78. The molecule has 8 aromatic rings. The zero-order chi connectivity index (χ0) is 42.6. The van der Waals surface area contributed by atoms with Crippen LogP contribution in [0, 0.1) is 0 Å². The third kappa shape index (κ3) is 9.14. The van der Waals surface area contributed by atoms with Crippen LogP contribution in [0.5, 0.6) is 0 Å². The minimum Gasteiger partial charge on any atom is -0.309 e. The highest BCUT2D eigenvalue weighted by Crippen LogP contribution is 2.38. The summed E-state index contributed by atoms with van der Waals surface area (Å²) in [6, 6.07) is 28.9. The van der Waals surface area contributed by atoms with Crippen LogP contribution in [0.3, 0.4) is 0 Å². The van der Waals surface area contributed by atoms with Crippen molar-refractivity contribution in [3.8, 4) is 45.3 Å². The van der Waals surface area contributed by atoms with Gasteiger partial charge in [-0.25, -0.2) is 18.4 Å². The van der Waals surface area contributed by atoms with Crippen molar-refractivity contribution >= 4 is 33.3 Å². The third-order valence-corrected chi connectivity index (χ3v) is 11.2. The summed E-state index contributed by atoms with van der Waals surface area (Å²) in [5.41, 5.74) is 5.13. The van der Waals surface area contributed by atoms with Crippen LogP contribution in [0.2, 0.25) is 0 Å². The van der Waals surface area contributed by atoms with E-state index in [9.17, 15) is 18.0 Å². The second-order valence-electron chi connectivity index (χ2n) is 14.7. The van der Waals surface area contributed by atoms with Crippen molar-refractivity contribution in [2.75, 3.05) is 16.9 Å². The summed E-state index contributed by atoms with van der Waals surface area (Å²) < 4.78 is 27.4. The summed E-state index contributed by atoms with van der Waals surface area (Å²) in [7, 11) is -3.28. The maximum absolute atomic E-state index is 12.8. The maximum Gasteiger partial charge on any atom is 0.275 e. The summed E-state index contributed by atoms with van der Waals surface area (Å²) in [6.07, 6.45) is 15.7. The van der Waals surface area contributed by atoms with Crippen molar-refractivity contribution in [1.82, 2.24) is 54.4 Å². The number of rotatable bonds is 11. The van der Waals surface area contributed by atoms with Crippen LogP contribution in [0.25, 0.3) is 45.3 Å². The summed E-state index contributed by atoms with van der Waals surface area (Å²) in [5.74, 6) is 1.47. The van der Waals surface area contributed by atoms with Gasteiger partial charge in [0.2, 0.25) is 0 Å². The van der Waals surface area contributed by atoms with E-state index in [1.165, 1.54) is 6.20 Å². The number of aromatic nitrogens is 11. The van der Waals surface area contributed by atoms with Crippen molar-refractivity contribution in [3.05, 3.63) is 146 Å². The van der Waals surface area contributed by atoms with Crippen LogP contribution >= 0.6 is 0 Å². The van der Waals surface area contributed by atoms with Gasteiger partial charge in [0.15, 0.2) is 21.5 Å². The normalized spacial score (nSPS) is 13.4. The fraction of sp³-hybridized carbons (Fsp3) is 0.159. The Balaban J connectivity index is 0.000000159. The van der Waals surface area contributed by atoms with Gasteiger partial charge in [0.25, 0.3) is 11.8 Å². The van der Waals surface area contributed by atoms with E-state index in [0.717, 1.165) is 54.2 Å². The smallest absolute Gasteiger partial charge is 0.275 e. The highest BCUT2D eigenvalue weighted by molar-refractivity contribution is 7.90. The lowest BCUT2D eigenvalue weighted by Gasteiger charge is -2.08. The Morgan fingerprint density at radius 3 is 1.58 bits per heavy atom. The average Bonchev–Trinajstić information content (AvgIpc) is 4.24. The predicted molar refractivity (Wildman–Crippen MR) is 229 cm³/mol. The lowest BCUT2D eigenvalue weighted by Crippen LogP contribution is -2.15. The molecule has 0 aliphatic heterocycles. The molecule has 7 heterocycles. The Bertz CT molecular complexity index is 3020. The van der Waals surface area contributed by atoms with E-state index >= 15 is 0 Å². The van der Waals surface area contributed by atoms with Crippen LogP contribution in [0.1, 0.15) is 58.7 Å². The van der Waals surface area contributed by atoms with Crippen molar-refractivity contribution < 1.29 is 18.0 Å². The van der Waals surface area contributed by atoms with E-state index in [2.05, 4.69) is 55.9 Å². The fourth-order valence-corrected chi connectivity index (χ4v) is 7.24. The molecule has 0 spiro atoms. The molecule has 2 aliphatic rings. The zero-order valence-electron chi connectivity index (χ0n) is 33.1. The number of hydrogen-bond acceptors (Lipinski definition) is 13. The first-order valence-electron chi connectivity index (χ1n) is 19.7. The van der Waals surface area contributed by atoms with E-state index in [4.69, 9.17) is 0 Å². The number of carbonyl (C=O) groups excluding carboxylic acids is 2. The Labute approximate surface area is 355 Å². The van der Waals surface area contributed by atoms with Gasteiger partial charge < -0.3 is 19.8 Å². The van der Waals surface area contributed by atoms with Gasteiger partial charge in [-0.2, -0.15) is 0 Å². The molecule has 2 aliphatic carbocycles. The molecule has 0 atom stereocenters. The van der Waals surface area contributed by atoms with Gasteiger partial charge in [0.1, 0.15) is 47.1 Å². The first-order valence-corrected chi connectivity index (χ1v) is 21.5. The molecular weight excluding hydrogens is 807 g/mol. The number of nitrogens with zero attached hydrogens (tertiary/aromatic N) is 11. The standard InChI is InChI=1S/C23H20N6O3S.C21H17N7O/c1-33(31,32)18-9-5-15(6-10-18)16-11-12-24-20(13-16)23(30)27-21-4-2-3-19(26-21)22-28-25-14-29(22)17-7-8-17;29-21(18-11-14(8-10-23-18)15-3-2-9-22-12-15)26-19-5-1-4-17(25-19)20-27-24-13-28(20)16-6-7-16/h2-6,9-14,17H,7-8H2,1H3,(H,26,27,30);1-5,8-13,16H,6-7H2,(H,25,26,29). The van der Waals surface area contributed by atoms with E-state index in [1.807, 2.05) is 45.5 Å². The number of sulfone groups is 1. The molecule has 18 heteroatoms. The molecule has 0 bridgehead atoms. The number of anilines is 2. The first kappa shape index (κ1) is 39.6. The summed E-state index contributed by atoms with van der Waals surface area (Å²) >= 11 is 0. The van der Waals surface area contributed by atoms with Gasteiger partial charge in [-0.1, -0.05) is 30.3 Å². The van der Waals surface area contributed by atoms with Crippen molar-refractivity contribution in [3.63, 3.8) is 0 Å². The van der Waals surface area contributed by atoms with Gasteiger partial charge >= 0.3 is 0 Å². The van der Waals surface area contributed by atoms with Crippen molar-refractivity contribution in [2.45, 2.75) is 42.7 Å². The number of hydrogen-bond donors (Lipinski definition) is 2. The average molecular weight is 844 g/mol. The monoisotopic (exact) mass is 843 g/mol. The highest BCUT2D eigenvalue weighted by atomic mass is 32.2. The number of pyridine rings is 5. The van der Waals surface area contributed by atoms with Crippen molar-refractivity contribution in [1.29, 1.82) is 0 Å². The topological polar surface area (TPSA) is 218 Å². The second kappa shape index (κ2) is 17.0. The molecule has 2 N–H and O–H groups in total. The largest absolute Gasteiger partial charge is 0.309 e. The molecule has 17 nitrogen and oxygen atoms in total. The molecule has 0 unspecified atom stereocenters. The number of carbonyl (C=O) groups is 2. The van der Waals surface area contributed by atoms with Crippen molar-refractivity contribution in [2.24, 2.45) is 0 Å². The van der Waals surface area contributed by atoms with Gasteiger partial charge in [0.05, 0.1) is 4.90 Å². The Morgan fingerprint density at radius 1 is 0.597 bits per heavy atom. The lowest BCUT2D eigenvalue weighted by atomic mass is 10.1. The number of benzene rings is 1. The molecule has 2 saturated carbocycles. The molecule has 0 radical (unpaired) electrons. The number of nitrogens with one attached hydrogen (secondary N) is 2. The van der Waals surface area contributed by atoms with E-state index in [0.29, 0.717) is 52.5 Å². The lowest BCUT2D eigenvalue weighted by molar-refractivity contribution is 0.101. The van der Waals surface area contributed by atoms with Gasteiger partial charge in [-0.15, -0.1) is 20.4 Å². The van der Waals surface area contributed by atoms with Gasteiger partial charge in [-0.05, 0) is 109 Å². The highest BCUT2D eigenvalue weighted by Gasteiger charge is 2.28. The first-order chi connectivity index (χ1) is 30.2. The Kier molecular flexibility index (Phi) is 10.9. The maximum atomic E-state index is 12.8. The second-order valence-corrected chi connectivity index (χ2v) is 16.7. The quantitative estimate of drug-likeness (QED) is 0.137. The molecule has 0 saturated heterocycles. The molecule has 1 aromatic carbocycles. The number of amides is 2. The Hall–Kier alpha value is -7.86. The summed E-state index contributed by atoms with van der Waals surface area (Å²) in [6.45, 7) is 0.